The van der Waals surface area contributed by atoms with Gasteiger partial charge in [-0.05, 0) is 47.8 Å². The van der Waals surface area contributed by atoms with Crippen LogP contribution in [0, 0.1) is 6.92 Å². The number of aryl methyl sites for hydroxylation is 3. The monoisotopic (exact) mass is 379 g/mol. The van der Waals surface area contributed by atoms with Crippen LogP contribution in [0.3, 0.4) is 0 Å². The maximum atomic E-state index is 4.39. The van der Waals surface area contributed by atoms with Crippen LogP contribution < -0.4 is 5.32 Å². The van der Waals surface area contributed by atoms with Crippen molar-refractivity contribution >= 4 is 44.1 Å². The molecule has 0 amide bonds. The summed E-state index contributed by atoms with van der Waals surface area (Å²) < 4.78 is 2.51. The van der Waals surface area contributed by atoms with E-state index in [4.69, 9.17) is 0 Å². The first-order valence-corrected chi connectivity index (χ1v) is 8.81. The summed E-state index contributed by atoms with van der Waals surface area (Å²) in [6.45, 7) is 6.52. The lowest BCUT2D eigenvalue weighted by Gasteiger charge is -2.13. The lowest BCUT2D eigenvalue weighted by molar-refractivity contribution is 0.777. The lowest BCUT2D eigenvalue weighted by atomic mass is 10.2. The van der Waals surface area contributed by atoms with Crippen molar-refractivity contribution in [3.8, 4) is 0 Å². The van der Waals surface area contributed by atoms with Gasteiger partial charge in [0.2, 0.25) is 0 Å². The Morgan fingerprint density at radius 1 is 1.41 bits per heavy atom. The van der Waals surface area contributed by atoms with Crippen molar-refractivity contribution in [2.24, 2.45) is 7.05 Å². The number of fused-ring (bicyclic) bond motifs is 1. The van der Waals surface area contributed by atoms with E-state index in [0.717, 1.165) is 27.9 Å². The minimum absolute atomic E-state index is 0.189. The Kier molecular flexibility index (Phi) is 4.18. The molecule has 0 aliphatic rings. The Labute approximate surface area is 141 Å². The molecular formula is C15H18BrN5S. The molecule has 0 aliphatic heterocycles. The van der Waals surface area contributed by atoms with Crippen molar-refractivity contribution in [3.63, 3.8) is 0 Å². The first-order valence-electron chi connectivity index (χ1n) is 7.20. The van der Waals surface area contributed by atoms with E-state index < -0.39 is 0 Å². The van der Waals surface area contributed by atoms with Crippen LogP contribution in [0.25, 0.3) is 11.0 Å². The van der Waals surface area contributed by atoms with E-state index in [1.54, 1.807) is 11.0 Å². The molecule has 7 heteroatoms. The molecule has 0 fully saturated rings. The fourth-order valence-corrected chi connectivity index (χ4v) is 4.26. The molecule has 3 aromatic rings. The fourth-order valence-electron chi connectivity index (χ4n) is 2.54. The van der Waals surface area contributed by atoms with Crippen LogP contribution in [0.2, 0.25) is 0 Å². The van der Waals surface area contributed by atoms with E-state index in [9.17, 15) is 0 Å². The van der Waals surface area contributed by atoms with E-state index in [1.165, 1.54) is 15.3 Å². The van der Waals surface area contributed by atoms with Gasteiger partial charge in [-0.2, -0.15) is 5.10 Å². The van der Waals surface area contributed by atoms with E-state index in [-0.39, 0.29) is 6.04 Å². The summed E-state index contributed by atoms with van der Waals surface area (Å²) in [4.78, 5) is 11.5. The summed E-state index contributed by atoms with van der Waals surface area (Å²) in [7, 11) is 1.88. The molecule has 3 heterocycles. The molecule has 22 heavy (non-hydrogen) atoms. The van der Waals surface area contributed by atoms with Crippen LogP contribution in [0.5, 0.6) is 0 Å². The molecule has 3 aromatic heterocycles. The van der Waals surface area contributed by atoms with Crippen LogP contribution in [-0.2, 0) is 13.5 Å². The molecule has 1 N–H and O–H groups in total. The molecule has 0 saturated carbocycles. The molecule has 116 valence electrons. The maximum absolute atomic E-state index is 4.39. The average molecular weight is 380 g/mol. The highest BCUT2D eigenvalue weighted by molar-refractivity contribution is 9.10. The first-order chi connectivity index (χ1) is 10.5. The average Bonchev–Trinajstić information content (AvgIpc) is 3.00. The van der Waals surface area contributed by atoms with E-state index >= 15 is 0 Å². The Morgan fingerprint density at radius 3 is 2.86 bits per heavy atom. The van der Waals surface area contributed by atoms with Gasteiger partial charge >= 0.3 is 0 Å². The van der Waals surface area contributed by atoms with Crippen molar-refractivity contribution in [2.75, 3.05) is 5.32 Å². The van der Waals surface area contributed by atoms with Gasteiger partial charge in [-0.3, -0.25) is 0 Å². The lowest BCUT2D eigenvalue weighted by Crippen LogP contribution is -2.07. The first kappa shape index (κ1) is 15.4. The van der Waals surface area contributed by atoms with Crippen LogP contribution in [0.4, 0.5) is 5.82 Å². The van der Waals surface area contributed by atoms with E-state index in [2.05, 4.69) is 63.2 Å². The summed E-state index contributed by atoms with van der Waals surface area (Å²) in [6.07, 6.45) is 2.65. The highest BCUT2D eigenvalue weighted by atomic mass is 79.9. The molecule has 3 rings (SSSR count). The van der Waals surface area contributed by atoms with E-state index in [0.29, 0.717) is 0 Å². The van der Waals surface area contributed by atoms with Crippen molar-refractivity contribution in [3.05, 3.63) is 32.3 Å². The summed E-state index contributed by atoms with van der Waals surface area (Å²) in [5.74, 6) is 0.807. The van der Waals surface area contributed by atoms with Crippen molar-refractivity contribution < 1.29 is 0 Å². The molecule has 1 unspecified atom stereocenters. The van der Waals surface area contributed by atoms with Crippen molar-refractivity contribution in [1.29, 1.82) is 0 Å². The highest BCUT2D eigenvalue weighted by Crippen LogP contribution is 2.32. The normalized spacial score (nSPS) is 12.8. The molecule has 0 bridgehead atoms. The third-order valence-electron chi connectivity index (χ3n) is 3.72. The summed E-state index contributed by atoms with van der Waals surface area (Å²) >= 11 is 5.36. The minimum Gasteiger partial charge on any atom is -0.362 e. The highest BCUT2D eigenvalue weighted by Gasteiger charge is 2.17. The predicted molar refractivity (Wildman–Crippen MR) is 94.5 cm³/mol. The molecule has 1 atom stereocenters. The standard InChI is InChI=1S/C15H18BrN5S/c1-5-10-8(2)6-11(22-10)9(3)19-14-12-13(16)20-21(4)15(12)18-7-17-14/h6-7,9H,5H2,1-4H3,(H,17,18,19). The Morgan fingerprint density at radius 2 is 2.18 bits per heavy atom. The summed E-state index contributed by atoms with van der Waals surface area (Å²) in [5.41, 5.74) is 2.18. The van der Waals surface area contributed by atoms with Crippen LogP contribution in [0.15, 0.2) is 17.0 Å². The van der Waals surface area contributed by atoms with Gasteiger partial charge in [0, 0.05) is 16.8 Å². The topological polar surface area (TPSA) is 55.6 Å². The molecular weight excluding hydrogens is 362 g/mol. The van der Waals surface area contributed by atoms with Crippen molar-refractivity contribution in [1.82, 2.24) is 19.7 Å². The quantitative estimate of drug-likeness (QED) is 0.736. The maximum Gasteiger partial charge on any atom is 0.164 e. The van der Waals surface area contributed by atoms with Gasteiger partial charge in [0.05, 0.1) is 11.4 Å². The number of aromatic nitrogens is 4. The second-order valence-corrected chi connectivity index (χ2v) is 7.23. The zero-order chi connectivity index (χ0) is 15.9. The second-order valence-electron chi connectivity index (χ2n) is 5.31. The van der Waals surface area contributed by atoms with Gasteiger partial charge in [0.1, 0.15) is 16.7 Å². The number of hydrogen-bond donors (Lipinski definition) is 1. The third-order valence-corrected chi connectivity index (χ3v) is 5.84. The Balaban J connectivity index is 1.95. The van der Waals surface area contributed by atoms with Gasteiger partial charge < -0.3 is 5.32 Å². The predicted octanol–water partition coefficient (Wildman–Crippen LogP) is 4.23. The molecule has 0 saturated heterocycles. The number of rotatable bonds is 4. The van der Waals surface area contributed by atoms with Crippen molar-refractivity contribution in [2.45, 2.75) is 33.2 Å². The number of anilines is 1. The zero-order valence-corrected chi connectivity index (χ0v) is 15.4. The minimum atomic E-state index is 0.189. The smallest absolute Gasteiger partial charge is 0.164 e. The number of nitrogens with one attached hydrogen (secondary N) is 1. The number of nitrogens with zero attached hydrogens (tertiary/aromatic N) is 4. The van der Waals surface area contributed by atoms with Gasteiger partial charge in [-0.1, -0.05) is 6.92 Å². The Bertz CT molecular complexity index is 823. The largest absolute Gasteiger partial charge is 0.362 e. The van der Waals surface area contributed by atoms with Crippen LogP contribution in [-0.4, -0.2) is 19.7 Å². The SMILES string of the molecule is CCc1sc(C(C)Nc2ncnc3c2c(Br)nn3C)cc1C. The fraction of sp³-hybridized carbons (Fsp3) is 0.400. The molecule has 0 radical (unpaired) electrons. The molecule has 5 nitrogen and oxygen atoms in total. The summed E-state index contributed by atoms with van der Waals surface area (Å²) in [6, 6.07) is 2.45. The van der Waals surface area contributed by atoms with Crippen LogP contribution >= 0.6 is 27.3 Å². The summed E-state index contributed by atoms with van der Waals surface area (Å²) in [5, 5.41) is 8.77. The zero-order valence-electron chi connectivity index (χ0n) is 13.0. The second kappa shape index (κ2) is 5.96. The van der Waals surface area contributed by atoms with Gasteiger partial charge in [-0.25, -0.2) is 14.6 Å². The Hall–Kier alpha value is -1.47. The molecule has 0 aliphatic carbocycles. The van der Waals surface area contributed by atoms with Gasteiger partial charge in [-0.15, -0.1) is 11.3 Å². The van der Waals surface area contributed by atoms with Gasteiger partial charge in [0.25, 0.3) is 0 Å². The number of hydrogen-bond acceptors (Lipinski definition) is 5. The third kappa shape index (κ3) is 2.63. The van der Waals surface area contributed by atoms with E-state index in [1.807, 2.05) is 18.4 Å². The number of halogens is 1. The van der Waals surface area contributed by atoms with Gasteiger partial charge in [0.15, 0.2) is 5.65 Å². The van der Waals surface area contributed by atoms with Crippen LogP contribution in [0.1, 0.15) is 35.2 Å². The molecule has 0 spiro atoms. The molecule has 0 aromatic carbocycles. The number of thiophene rings is 1.